The molecule has 10 heteroatoms. The quantitative estimate of drug-likeness (QED) is 0.215. The van der Waals surface area contributed by atoms with E-state index in [0.717, 1.165) is 44.8 Å². The van der Waals surface area contributed by atoms with Crippen LogP contribution >= 0.6 is 0 Å². The van der Waals surface area contributed by atoms with Gasteiger partial charge in [0.15, 0.2) is 0 Å². The summed E-state index contributed by atoms with van der Waals surface area (Å²) < 4.78 is 0. The van der Waals surface area contributed by atoms with Gasteiger partial charge in [-0.05, 0) is 111 Å². The monoisotopic (exact) mass is 598 g/mol. The van der Waals surface area contributed by atoms with Crippen molar-refractivity contribution in [3.8, 4) is 11.8 Å². The zero-order valence-electron chi connectivity index (χ0n) is 25.9. The van der Waals surface area contributed by atoms with E-state index in [0.29, 0.717) is 46.8 Å². The number of aromatic nitrogens is 2. The summed E-state index contributed by atoms with van der Waals surface area (Å²) in [7, 11) is 0. The number of allylic oxidation sites excluding steroid dienone is 2. The second-order valence-electron chi connectivity index (χ2n) is 11.0. The summed E-state index contributed by atoms with van der Waals surface area (Å²) in [5.74, 6) is 4.21. The second-order valence-corrected chi connectivity index (χ2v) is 11.0. The molecule has 0 bridgehead atoms. The molecule has 0 saturated heterocycles. The lowest BCUT2D eigenvalue weighted by Crippen LogP contribution is -2.15. The van der Waals surface area contributed by atoms with Crippen LogP contribution in [-0.4, -0.2) is 43.9 Å². The molecule has 2 aliphatic rings. The van der Waals surface area contributed by atoms with Crippen LogP contribution in [0.2, 0.25) is 0 Å². The van der Waals surface area contributed by atoms with Crippen molar-refractivity contribution in [2.45, 2.75) is 80.1 Å². The Labute approximate surface area is 256 Å². The summed E-state index contributed by atoms with van der Waals surface area (Å²) in [4.78, 5) is 54.2. The Morgan fingerprint density at radius 1 is 0.682 bits per heavy atom. The SMILES string of the molecule is CCC1=C(C)C(=O)N/C1=C\c1[nH]c(C#Cc2[nH]c(/C=C3/NC(=O)C(C)=C3CC)c(C)c2CCC(=O)O)c(CCC(=O)O)c1C. The second kappa shape index (κ2) is 13.1. The van der Waals surface area contributed by atoms with Gasteiger partial charge < -0.3 is 30.8 Å². The molecule has 4 rings (SSSR count). The molecular formula is C34H38N4O6. The maximum absolute atomic E-state index is 12.3. The normalized spacial score (nSPS) is 16.6. The highest BCUT2D eigenvalue weighted by Crippen LogP contribution is 2.30. The number of carboxylic acids is 2. The fourth-order valence-electron chi connectivity index (χ4n) is 5.73. The molecule has 2 aromatic rings. The minimum atomic E-state index is -0.928. The lowest BCUT2D eigenvalue weighted by Gasteiger charge is -2.03. The van der Waals surface area contributed by atoms with E-state index in [1.54, 1.807) is 13.8 Å². The summed E-state index contributed by atoms with van der Waals surface area (Å²) in [6, 6.07) is 0. The maximum atomic E-state index is 12.3. The van der Waals surface area contributed by atoms with Crippen LogP contribution in [0.4, 0.5) is 0 Å². The average molecular weight is 599 g/mol. The third-order valence-electron chi connectivity index (χ3n) is 8.34. The molecule has 2 amide bonds. The minimum absolute atomic E-state index is 0.0824. The van der Waals surface area contributed by atoms with Crippen LogP contribution in [0.15, 0.2) is 33.7 Å². The van der Waals surface area contributed by atoms with E-state index in [2.05, 4.69) is 32.4 Å². The van der Waals surface area contributed by atoms with Gasteiger partial charge in [0.1, 0.15) is 0 Å². The molecule has 4 heterocycles. The number of carbonyl (C=O) groups excluding carboxylic acids is 2. The topological polar surface area (TPSA) is 164 Å². The largest absolute Gasteiger partial charge is 0.481 e. The molecule has 10 nitrogen and oxygen atoms in total. The molecule has 0 atom stereocenters. The molecule has 44 heavy (non-hydrogen) atoms. The van der Waals surface area contributed by atoms with Crippen molar-refractivity contribution < 1.29 is 29.4 Å². The van der Waals surface area contributed by atoms with Gasteiger partial charge in [-0.25, -0.2) is 0 Å². The zero-order chi connectivity index (χ0) is 32.3. The standard InChI is InChI=1S/C34H38N4O6/c1-7-21-19(5)33(43)37-29(21)15-27-17(3)23(9-13-31(39)40)25(35-27)11-12-26-24(10-14-32(41)42)18(4)28(36-26)16-30-22(8-2)20(6)34(44)38-30/h15-16,35-36H,7-10,13-14H2,1-6H3,(H,37,43)(H,38,44)(H,39,40)(H,41,42)/b29-15-,30-16+. The van der Waals surface area contributed by atoms with Crippen molar-refractivity contribution in [1.29, 1.82) is 0 Å². The molecule has 0 unspecified atom stereocenters. The summed E-state index contributed by atoms with van der Waals surface area (Å²) >= 11 is 0. The Morgan fingerprint density at radius 3 is 1.36 bits per heavy atom. The Bertz CT molecular complexity index is 1640. The van der Waals surface area contributed by atoms with Crippen LogP contribution in [0.5, 0.6) is 0 Å². The molecule has 2 aliphatic heterocycles. The van der Waals surface area contributed by atoms with Crippen LogP contribution in [0.25, 0.3) is 12.2 Å². The number of aromatic amines is 2. The van der Waals surface area contributed by atoms with Crippen LogP contribution in [-0.2, 0) is 32.0 Å². The Balaban J connectivity index is 1.81. The first-order chi connectivity index (χ1) is 20.9. The van der Waals surface area contributed by atoms with Crippen molar-refractivity contribution in [2.75, 3.05) is 0 Å². The fourth-order valence-corrected chi connectivity index (χ4v) is 5.73. The Kier molecular flexibility index (Phi) is 9.48. The van der Waals surface area contributed by atoms with Gasteiger partial charge in [-0.15, -0.1) is 0 Å². The van der Waals surface area contributed by atoms with E-state index in [1.807, 2.05) is 39.8 Å². The summed E-state index contributed by atoms with van der Waals surface area (Å²) in [6.07, 6.45) is 5.42. The molecule has 0 aromatic carbocycles. The predicted octanol–water partition coefficient (Wildman–Crippen LogP) is 4.79. The van der Waals surface area contributed by atoms with E-state index in [1.165, 1.54) is 0 Å². The van der Waals surface area contributed by atoms with Crippen LogP contribution in [0, 0.1) is 25.7 Å². The van der Waals surface area contributed by atoms with Gasteiger partial charge in [-0.2, -0.15) is 0 Å². The van der Waals surface area contributed by atoms with Gasteiger partial charge in [0, 0.05) is 46.8 Å². The van der Waals surface area contributed by atoms with Crippen molar-refractivity contribution in [3.05, 3.63) is 78.7 Å². The van der Waals surface area contributed by atoms with Gasteiger partial charge >= 0.3 is 11.9 Å². The van der Waals surface area contributed by atoms with Crippen LogP contribution in [0.1, 0.15) is 98.4 Å². The van der Waals surface area contributed by atoms with E-state index in [4.69, 9.17) is 0 Å². The van der Waals surface area contributed by atoms with E-state index < -0.39 is 11.9 Å². The van der Waals surface area contributed by atoms with Gasteiger partial charge in [-0.1, -0.05) is 13.8 Å². The molecule has 0 radical (unpaired) electrons. The van der Waals surface area contributed by atoms with E-state index >= 15 is 0 Å². The Hall–Kier alpha value is -5.04. The number of hydrogen-bond donors (Lipinski definition) is 6. The maximum Gasteiger partial charge on any atom is 0.303 e. The van der Waals surface area contributed by atoms with E-state index in [-0.39, 0.29) is 37.5 Å². The van der Waals surface area contributed by atoms with Crippen LogP contribution < -0.4 is 10.6 Å². The van der Waals surface area contributed by atoms with Gasteiger partial charge in [-0.3, -0.25) is 19.2 Å². The first-order valence-corrected chi connectivity index (χ1v) is 14.7. The molecular weight excluding hydrogens is 560 g/mol. The van der Waals surface area contributed by atoms with Crippen molar-refractivity contribution >= 4 is 35.9 Å². The molecule has 6 N–H and O–H groups in total. The highest BCUT2D eigenvalue weighted by atomic mass is 16.4. The lowest BCUT2D eigenvalue weighted by molar-refractivity contribution is -0.138. The molecule has 0 saturated carbocycles. The minimum Gasteiger partial charge on any atom is -0.481 e. The predicted molar refractivity (Wildman–Crippen MR) is 167 cm³/mol. The van der Waals surface area contributed by atoms with Gasteiger partial charge in [0.05, 0.1) is 11.4 Å². The van der Waals surface area contributed by atoms with Gasteiger partial charge in [0.2, 0.25) is 0 Å². The fraction of sp³-hybridized carbons (Fsp3) is 0.353. The summed E-state index contributed by atoms with van der Waals surface area (Å²) in [5, 5.41) is 24.6. The van der Waals surface area contributed by atoms with Crippen molar-refractivity contribution in [1.82, 2.24) is 20.6 Å². The number of amides is 2. The number of carbonyl (C=O) groups is 4. The summed E-state index contributed by atoms with van der Waals surface area (Å²) in [5.41, 5.74) is 10.3. The lowest BCUT2D eigenvalue weighted by atomic mass is 10.0. The van der Waals surface area contributed by atoms with Gasteiger partial charge in [0.25, 0.3) is 11.8 Å². The molecule has 0 spiro atoms. The first-order valence-electron chi connectivity index (χ1n) is 14.7. The molecule has 0 aliphatic carbocycles. The smallest absolute Gasteiger partial charge is 0.303 e. The van der Waals surface area contributed by atoms with Crippen molar-refractivity contribution in [2.24, 2.45) is 0 Å². The first kappa shape index (κ1) is 31.9. The third-order valence-corrected chi connectivity index (χ3v) is 8.34. The number of carboxylic acid groups (broad SMARTS) is 2. The molecule has 0 fully saturated rings. The number of aliphatic carboxylic acids is 2. The zero-order valence-corrected chi connectivity index (χ0v) is 25.9. The number of nitrogens with one attached hydrogen (secondary N) is 4. The van der Waals surface area contributed by atoms with E-state index in [9.17, 15) is 29.4 Å². The third kappa shape index (κ3) is 6.47. The average Bonchev–Trinajstić information content (AvgIpc) is 3.62. The highest BCUT2D eigenvalue weighted by Gasteiger charge is 2.25. The number of hydrogen-bond acceptors (Lipinski definition) is 4. The molecule has 2 aromatic heterocycles. The number of H-pyrrole nitrogens is 2. The van der Waals surface area contributed by atoms with Crippen molar-refractivity contribution in [3.63, 3.8) is 0 Å². The molecule has 230 valence electrons. The highest BCUT2D eigenvalue weighted by molar-refractivity contribution is 6.01. The number of rotatable bonds is 10. The Morgan fingerprint density at radius 2 is 1.05 bits per heavy atom. The van der Waals surface area contributed by atoms with Crippen LogP contribution in [0.3, 0.4) is 0 Å². The summed E-state index contributed by atoms with van der Waals surface area (Å²) in [6.45, 7) is 11.3.